The van der Waals surface area contributed by atoms with Gasteiger partial charge in [-0.25, -0.2) is 4.98 Å². The van der Waals surface area contributed by atoms with E-state index in [-0.39, 0.29) is 0 Å². The molecule has 1 heterocycles. The molecule has 0 saturated heterocycles. The maximum atomic E-state index is 11.5. The number of nitrogens with zero attached hydrogens (tertiary/aromatic N) is 4. The van der Waals surface area contributed by atoms with E-state index in [1.807, 2.05) is 0 Å². The van der Waals surface area contributed by atoms with Crippen LogP contribution >= 0.6 is 11.6 Å². The van der Waals surface area contributed by atoms with Gasteiger partial charge in [-0.15, -0.1) is 0 Å². The molecule has 2 aromatic rings. The van der Waals surface area contributed by atoms with Gasteiger partial charge in [0.05, 0.1) is 5.10 Å². The molecular formula is C9H9ClN4O. The molecule has 0 spiro atoms. The summed E-state index contributed by atoms with van der Waals surface area (Å²) in [6, 6.07) is 4.93. The minimum Gasteiger partial charge on any atom is -0.594 e. The Kier molecular flexibility index (Phi) is 2.32. The lowest BCUT2D eigenvalue weighted by Gasteiger charge is -2.08. The average molecular weight is 225 g/mol. The van der Waals surface area contributed by atoms with E-state index < -0.39 is 0 Å². The SMILES string of the molecule is CN(C)c1nc2ccc(Cl)cc2[n+]([O-])n1. The molecule has 0 unspecified atom stereocenters. The third-order valence-electron chi connectivity index (χ3n) is 1.94. The number of fused-ring (bicyclic) bond motifs is 1. The second-order valence-corrected chi connectivity index (χ2v) is 3.75. The molecule has 6 heteroatoms. The highest BCUT2D eigenvalue weighted by Crippen LogP contribution is 2.15. The molecule has 0 atom stereocenters. The maximum absolute atomic E-state index is 11.5. The molecule has 1 aromatic carbocycles. The summed E-state index contributed by atoms with van der Waals surface area (Å²) in [6.45, 7) is 0. The largest absolute Gasteiger partial charge is 0.594 e. The zero-order valence-electron chi connectivity index (χ0n) is 8.31. The van der Waals surface area contributed by atoms with Crippen molar-refractivity contribution >= 4 is 28.6 Å². The van der Waals surface area contributed by atoms with Gasteiger partial charge in [0.15, 0.2) is 0 Å². The van der Waals surface area contributed by atoms with E-state index in [0.717, 1.165) is 0 Å². The van der Waals surface area contributed by atoms with E-state index in [1.165, 1.54) is 0 Å². The minimum atomic E-state index is 0.369. The lowest BCUT2D eigenvalue weighted by Crippen LogP contribution is -2.34. The van der Waals surface area contributed by atoms with Crippen LogP contribution in [0.4, 0.5) is 5.95 Å². The fraction of sp³-hybridized carbons (Fsp3) is 0.222. The van der Waals surface area contributed by atoms with Crippen LogP contribution in [-0.4, -0.2) is 24.2 Å². The highest BCUT2D eigenvalue weighted by molar-refractivity contribution is 6.31. The standard InChI is InChI=1S/C9H9ClN4O/c1-13(2)9-11-7-4-3-6(10)5-8(7)14(15)12-9/h3-5H,1-2H3. The second kappa shape index (κ2) is 3.51. The van der Waals surface area contributed by atoms with Crippen molar-refractivity contribution in [2.24, 2.45) is 0 Å². The Labute approximate surface area is 91.5 Å². The maximum Gasteiger partial charge on any atom is 0.292 e. The second-order valence-electron chi connectivity index (χ2n) is 3.31. The van der Waals surface area contributed by atoms with Crippen LogP contribution in [0.5, 0.6) is 0 Å². The Morgan fingerprint density at radius 1 is 1.40 bits per heavy atom. The first kappa shape index (κ1) is 9.92. The number of rotatable bonds is 1. The molecule has 1 aromatic heterocycles. The molecule has 0 fully saturated rings. The Bertz CT molecular complexity index is 515. The topological polar surface area (TPSA) is 56.0 Å². The van der Waals surface area contributed by atoms with Crippen molar-refractivity contribution in [2.75, 3.05) is 19.0 Å². The van der Waals surface area contributed by atoms with Crippen LogP contribution in [0.15, 0.2) is 18.2 Å². The van der Waals surface area contributed by atoms with E-state index in [2.05, 4.69) is 10.1 Å². The smallest absolute Gasteiger partial charge is 0.292 e. The normalized spacial score (nSPS) is 10.6. The lowest BCUT2D eigenvalue weighted by atomic mass is 10.3. The van der Waals surface area contributed by atoms with Crippen molar-refractivity contribution in [1.82, 2.24) is 10.1 Å². The highest BCUT2D eigenvalue weighted by Gasteiger charge is 2.12. The zero-order valence-corrected chi connectivity index (χ0v) is 9.06. The molecule has 0 saturated carbocycles. The molecule has 2 rings (SSSR count). The van der Waals surface area contributed by atoms with Crippen molar-refractivity contribution in [3.63, 3.8) is 0 Å². The Morgan fingerprint density at radius 3 is 2.80 bits per heavy atom. The Morgan fingerprint density at radius 2 is 2.13 bits per heavy atom. The predicted molar refractivity (Wildman–Crippen MR) is 57.8 cm³/mol. The molecule has 15 heavy (non-hydrogen) atoms. The lowest BCUT2D eigenvalue weighted by molar-refractivity contribution is -0.641. The summed E-state index contributed by atoms with van der Waals surface area (Å²) in [5.74, 6) is 0.375. The van der Waals surface area contributed by atoms with Gasteiger partial charge in [0.2, 0.25) is 0 Å². The molecule has 0 aliphatic rings. The molecule has 0 N–H and O–H groups in total. The summed E-state index contributed by atoms with van der Waals surface area (Å²) < 4.78 is 0. The fourth-order valence-corrected chi connectivity index (χ4v) is 1.37. The van der Waals surface area contributed by atoms with E-state index >= 15 is 0 Å². The first-order valence-corrected chi connectivity index (χ1v) is 4.70. The van der Waals surface area contributed by atoms with Crippen LogP contribution in [0.3, 0.4) is 0 Å². The van der Waals surface area contributed by atoms with Gasteiger partial charge in [0.25, 0.3) is 11.5 Å². The molecule has 0 aliphatic carbocycles. The van der Waals surface area contributed by atoms with Gasteiger partial charge in [0.1, 0.15) is 5.52 Å². The summed E-state index contributed by atoms with van der Waals surface area (Å²) in [6.07, 6.45) is 0. The quantitative estimate of drug-likeness (QED) is 0.535. The average Bonchev–Trinajstić information content (AvgIpc) is 2.18. The van der Waals surface area contributed by atoms with Crippen LogP contribution < -0.4 is 9.75 Å². The highest BCUT2D eigenvalue weighted by atomic mass is 35.5. The van der Waals surface area contributed by atoms with Gasteiger partial charge in [-0.1, -0.05) is 11.6 Å². The van der Waals surface area contributed by atoms with Crippen molar-refractivity contribution in [3.05, 3.63) is 28.4 Å². The van der Waals surface area contributed by atoms with E-state index in [1.54, 1.807) is 37.2 Å². The fourth-order valence-electron chi connectivity index (χ4n) is 1.20. The third-order valence-corrected chi connectivity index (χ3v) is 2.18. The van der Waals surface area contributed by atoms with Gasteiger partial charge in [0, 0.05) is 25.2 Å². The van der Waals surface area contributed by atoms with Crippen LogP contribution in [0.2, 0.25) is 5.02 Å². The number of anilines is 1. The van der Waals surface area contributed by atoms with E-state index in [4.69, 9.17) is 11.6 Å². The summed E-state index contributed by atoms with van der Waals surface area (Å²) in [5.41, 5.74) is 0.946. The first-order chi connectivity index (χ1) is 7.08. The number of aromatic nitrogens is 3. The zero-order chi connectivity index (χ0) is 11.0. The minimum absolute atomic E-state index is 0.369. The van der Waals surface area contributed by atoms with Crippen molar-refractivity contribution in [2.45, 2.75) is 0 Å². The van der Waals surface area contributed by atoms with Gasteiger partial charge >= 0.3 is 0 Å². The molecule has 0 radical (unpaired) electrons. The molecule has 0 amide bonds. The van der Waals surface area contributed by atoms with Crippen molar-refractivity contribution in [1.29, 1.82) is 0 Å². The van der Waals surface area contributed by atoms with Crippen LogP contribution in [0.1, 0.15) is 0 Å². The number of halogens is 1. The van der Waals surface area contributed by atoms with Crippen LogP contribution in [0.25, 0.3) is 11.0 Å². The van der Waals surface area contributed by atoms with Crippen molar-refractivity contribution < 1.29 is 4.85 Å². The number of hydrogen-bond acceptors (Lipinski definition) is 4. The molecule has 78 valence electrons. The number of hydrogen-bond donors (Lipinski definition) is 0. The first-order valence-electron chi connectivity index (χ1n) is 4.32. The third kappa shape index (κ3) is 1.78. The van der Waals surface area contributed by atoms with E-state index in [0.29, 0.717) is 26.8 Å². The van der Waals surface area contributed by atoms with Crippen molar-refractivity contribution in [3.8, 4) is 0 Å². The molecule has 0 bridgehead atoms. The van der Waals surface area contributed by atoms with Gasteiger partial charge in [-0.2, -0.15) is 0 Å². The number of benzene rings is 1. The van der Waals surface area contributed by atoms with E-state index in [9.17, 15) is 5.21 Å². The van der Waals surface area contributed by atoms with Crippen LogP contribution in [0, 0.1) is 5.21 Å². The molecular weight excluding hydrogens is 216 g/mol. The Hall–Kier alpha value is -1.62. The predicted octanol–water partition coefficient (Wildman–Crippen LogP) is 0.983. The summed E-state index contributed by atoms with van der Waals surface area (Å²) in [5, 5.41) is 15.8. The summed E-state index contributed by atoms with van der Waals surface area (Å²) in [4.78, 5) is 6.41. The molecule has 5 nitrogen and oxygen atoms in total. The summed E-state index contributed by atoms with van der Waals surface area (Å²) in [7, 11) is 3.55. The van der Waals surface area contributed by atoms with Gasteiger partial charge in [-0.05, 0) is 17.0 Å². The van der Waals surface area contributed by atoms with Gasteiger partial charge < -0.3 is 10.1 Å². The van der Waals surface area contributed by atoms with Gasteiger partial charge in [-0.3, -0.25) is 0 Å². The molecule has 0 aliphatic heterocycles. The monoisotopic (exact) mass is 224 g/mol. The Balaban J connectivity index is 2.73. The summed E-state index contributed by atoms with van der Waals surface area (Å²) >= 11 is 5.77. The van der Waals surface area contributed by atoms with Crippen LogP contribution in [-0.2, 0) is 0 Å².